The normalized spacial score (nSPS) is 12.4. The van der Waals surface area contributed by atoms with Crippen LogP contribution in [0, 0.1) is 6.92 Å². The lowest BCUT2D eigenvalue weighted by atomic mass is 10.1. The molecule has 2 aromatic rings. The molecule has 0 bridgehead atoms. The van der Waals surface area contributed by atoms with E-state index >= 15 is 0 Å². The first kappa shape index (κ1) is 12.7. The molecule has 18 heavy (non-hydrogen) atoms. The number of nitrogens with zero attached hydrogens (tertiary/aromatic N) is 2. The monoisotopic (exact) mass is 242 g/mol. The van der Waals surface area contributed by atoms with E-state index in [1.165, 1.54) is 5.56 Å². The van der Waals surface area contributed by atoms with E-state index in [0.717, 1.165) is 23.5 Å². The second-order valence-corrected chi connectivity index (χ2v) is 4.46. The SMILES string of the molecule is CCC(CO)c1nccc(-c2cccc(C)c2)n1. The van der Waals surface area contributed by atoms with Gasteiger partial charge in [-0.2, -0.15) is 0 Å². The van der Waals surface area contributed by atoms with Gasteiger partial charge in [0, 0.05) is 17.7 Å². The van der Waals surface area contributed by atoms with Gasteiger partial charge in [0.15, 0.2) is 0 Å². The van der Waals surface area contributed by atoms with Crippen LogP contribution in [-0.2, 0) is 0 Å². The fourth-order valence-electron chi connectivity index (χ4n) is 1.93. The Morgan fingerprint density at radius 2 is 2.11 bits per heavy atom. The van der Waals surface area contributed by atoms with Crippen molar-refractivity contribution in [1.29, 1.82) is 0 Å². The Balaban J connectivity index is 2.38. The molecule has 0 fully saturated rings. The molecule has 3 nitrogen and oxygen atoms in total. The highest BCUT2D eigenvalue weighted by Gasteiger charge is 2.12. The predicted octanol–water partition coefficient (Wildman–Crippen LogP) is 2.94. The Bertz CT molecular complexity index is 521. The van der Waals surface area contributed by atoms with Crippen LogP contribution in [0.4, 0.5) is 0 Å². The molecule has 0 saturated heterocycles. The van der Waals surface area contributed by atoms with Crippen molar-refractivity contribution >= 4 is 0 Å². The van der Waals surface area contributed by atoms with Crippen LogP contribution in [0.15, 0.2) is 36.5 Å². The average molecular weight is 242 g/mol. The largest absolute Gasteiger partial charge is 0.396 e. The Labute approximate surface area is 108 Å². The molecule has 1 N–H and O–H groups in total. The summed E-state index contributed by atoms with van der Waals surface area (Å²) in [6.45, 7) is 4.19. The second-order valence-electron chi connectivity index (χ2n) is 4.46. The molecule has 0 spiro atoms. The van der Waals surface area contributed by atoms with Gasteiger partial charge in [0.05, 0.1) is 12.3 Å². The van der Waals surface area contributed by atoms with Crippen molar-refractivity contribution in [2.24, 2.45) is 0 Å². The van der Waals surface area contributed by atoms with Gasteiger partial charge >= 0.3 is 0 Å². The minimum atomic E-state index is 0.0229. The van der Waals surface area contributed by atoms with E-state index in [0.29, 0.717) is 0 Å². The maximum absolute atomic E-state index is 9.31. The highest BCUT2D eigenvalue weighted by atomic mass is 16.3. The number of aliphatic hydroxyl groups excluding tert-OH is 1. The van der Waals surface area contributed by atoms with Gasteiger partial charge in [0.1, 0.15) is 5.82 Å². The third-order valence-corrected chi connectivity index (χ3v) is 3.07. The van der Waals surface area contributed by atoms with Crippen molar-refractivity contribution in [1.82, 2.24) is 9.97 Å². The van der Waals surface area contributed by atoms with E-state index in [2.05, 4.69) is 29.0 Å². The molecule has 0 saturated carbocycles. The minimum absolute atomic E-state index is 0.0229. The van der Waals surface area contributed by atoms with Gasteiger partial charge in [-0.05, 0) is 25.5 Å². The average Bonchev–Trinajstić information content (AvgIpc) is 2.41. The van der Waals surface area contributed by atoms with Crippen LogP contribution in [0.3, 0.4) is 0 Å². The van der Waals surface area contributed by atoms with E-state index in [1.807, 2.05) is 25.1 Å². The highest BCUT2D eigenvalue weighted by molar-refractivity contribution is 5.59. The highest BCUT2D eigenvalue weighted by Crippen LogP contribution is 2.21. The zero-order chi connectivity index (χ0) is 13.0. The lowest BCUT2D eigenvalue weighted by Crippen LogP contribution is -2.08. The van der Waals surface area contributed by atoms with Gasteiger partial charge in [-0.1, -0.05) is 30.7 Å². The van der Waals surface area contributed by atoms with E-state index in [1.54, 1.807) is 6.20 Å². The Hall–Kier alpha value is -1.74. The summed E-state index contributed by atoms with van der Waals surface area (Å²) in [5, 5.41) is 9.31. The lowest BCUT2D eigenvalue weighted by molar-refractivity contribution is 0.257. The van der Waals surface area contributed by atoms with Crippen LogP contribution >= 0.6 is 0 Å². The van der Waals surface area contributed by atoms with Crippen LogP contribution in [0.2, 0.25) is 0 Å². The third-order valence-electron chi connectivity index (χ3n) is 3.07. The number of hydrogen-bond acceptors (Lipinski definition) is 3. The molecule has 3 heteroatoms. The molecule has 1 unspecified atom stereocenters. The van der Waals surface area contributed by atoms with Crippen molar-refractivity contribution in [3.8, 4) is 11.3 Å². The molecule has 1 aromatic carbocycles. The number of aromatic nitrogens is 2. The van der Waals surface area contributed by atoms with Gasteiger partial charge in [-0.15, -0.1) is 0 Å². The minimum Gasteiger partial charge on any atom is -0.396 e. The zero-order valence-corrected chi connectivity index (χ0v) is 10.8. The van der Waals surface area contributed by atoms with Crippen molar-refractivity contribution in [2.75, 3.05) is 6.61 Å². The third kappa shape index (κ3) is 2.74. The van der Waals surface area contributed by atoms with Crippen LogP contribution in [0.1, 0.15) is 30.7 Å². The molecule has 94 valence electrons. The van der Waals surface area contributed by atoms with Gasteiger partial charge < -0.3 is 5.11 Å². The molecule has 0 aliphatic rings. The molecule has 1 aromatic heterocycles. The van der Waals surface area contributed by atoms with E-state index in [-0.39, 0.29) is 12.5 Å². The summed E-state index contributed by atoms with van der Waals surface area (Å²) in [5.41, 5.74) is 3.21. The summed E-state index contributed by atoms with van der Waals surface area (Å²) >= 11 is 0. The molecule has 0 aliphatic heterocycles. The number of hydrogen-bond donors (Lipinski definition) is 1. The molecular formula is C15H18N2O. The first-order chi connectivity index (χ1) is 8.74. The van der Waals surface area contributed by atoms with Gasteiger partial charge in [-0.25, -0.2) is 9.97 Å². The number of aliphatic hydroxyl groups is 1. The summed E-state index contributed by atoms with van der Waals surface area (Å²) in [5.74, 6) is 0.744. The molecular weight excluding hydrogens is 224 g/mol. The molecule has 2 rings (SSSR count). The number of aryl methyl sites for hydroxylation is 1. The maximum Gasteiger partial charge on any atom is 0.134 e. The lowest BCUT2D eigenvalue weighted by Gasteiger charge is -2.11. The smallest absolute Gasteiger partial charge is 0.134 e. The van der Waals surface area contributed by atoms with Gasteiger partial charge in [0.25, 0.3) is 0 Å². The Morgan fingerprint density at radius 1 is 1.28 bits per heavy atom. The first-order valence-corrected chi connectivity index (χ1v) is 6.25. The summed E-state index contributed by atoms with van der Waals surface area (Å²) < 4.78 is 0. The second kappa shape index (κ2) is 5.74. The topological polar surface area (TPSA) is 46.0 Å². The summed E-state index contributed by atoms with van der Waals surface area (Å²) in [6.07, 6.45) is 2.60. The molecule has 0 radical (unpaired) electrons. The van der Waals surface area contributed by atoms with Gasteiger partial charge in [-0.3, -0.25) is 0 Å². The van der Waals surface area contributed by atoms with Crippen LogP contribution < -0.4 is 0 Å². The van der Waals surface area contributed by atoms with Crippen LogP contribution in [0.5, 0.6) is 0 Å². The van der Waals surface area contributed by atoms with Crippen molar-refractivity contribution in [3.05, 3.63) is 47.9 Å². The number of benzene rings is 1. The summed E-state index contributed by atoms with van der Waals surface area (Å²) in [6, 6.07) is 10.1. The Kier molecular flexibility index (Phi) is 4.05. The standard InChI is InChI=1S/C15H18N2O/c1-3-12(10-18)15-16-8-7-14(17-15)13-6-4-5-11(2)9-13/h4-9,12,18H,3,10H2,1-2H3. The molecule has 0 amide bonds. The predicted molar refractivity (Wildman–Crippen MR) is 72.3 cm³/mol. The summed E-state index contributed by atoms with van der Waals surface area (Å²) in [4.78, 5) is 8.81. The van der Waals surface area contributed by atoms with Gasteiger partial charge in [0.2, 0.25) is 0 Å². The van der Waals surface area contributed by atoms with Crippen LogP contribution in [0.25, 0.3) is 11.3 Å². The summed E-state index contributed by atoms with van der Waals surface area (Å²) in [7, 11) is 0. The maximum atomic E-state index is 9.31. The number of rotatable bonds is 4. The quantitative estimate of drug-likeness (QED) is 0.896. The van der Waals surface area contributed by atoms with Crippen molar-refractivity contribution in [3.63, 3.8) is 0 Å². The zero-order valence-electron chi connectivity index (χ0n) is 10.8. The van der Waals surface area contributed by atoms with E-state index in [4.69, 9.17) is 0 Å². The van der Waals surface area contributed by atoms with Crippen molar-refractivity contribution in [2.45, 2.75) is 26.2 Å². The molecule has 0 aliphatic carbocycles. The van der Waals surface area contributed by atoms with E-state index < -0.39 is 0 Å². The van der Waals surface area contributed by atoms with E-state index in [9.17, 15) is 5.11 Å². The fraction of sp³-hybridized carbons (Fsp3) is 0.333. The first-order valence-electron chi connectivity index (χ1n) is 6.25. The fourth-order valence-corrected chi connectivity index (χ4v) is 1.93. The molecule has 1 heterocycles. The van der Waals surface area contributed by atoms with Crippen LogP contribution in [-0.4, -0.2) is 21.7 Å². The Morgan fingerprint density at radius 3 is 2.78 bits per heavy atom. The van der Waals surface area contributed by atoms with Crippen molar-refractivity contribution < 1.29 is 5.11 Å². The molecule has 1 atom stereocenters.